The van der Waals surface area contributed by atoms with Gasteiger partial charge < -0.3 is 90.8 Å². The summed E-state index contributed by atoms with van der Waals surface area (Å²) in [4.78, 5) is 0. The summed E-state index contributed by atoms with van der Waals surface area (Å²) in [7, 11) is 0. The lowest BCUT2D eigenvalue weighted by molar-refractivity contribution is -0.00562. The summed E-state index contributed by atoms with van der Waals surface area (Å²) in [5, 5.41) is 166. The van der Waals surface area contributed by atoms with E-state index in [2.05, 4.69) is 0 Å². The van der Waals surface area contributed by atoms with Crippen molar-refractivity contribution in [2.75, 3.05) is 0 Å². The zero-order valence-corrected chi connectivity index (χ0v) is 32.3. The molecule has 9 rings (SSSR count). The van der Waals surface area contributed by atoms with Crippen molar-refractivity contribution < 1.29 is 90.8 Å². The molecule has 0 aromatic heterocycles. The second-order valence-electron chi connectivity index (χ2n) is 15.7. The lowest BCUT2D eigenvalue weighted by Gasteiger charge is -2.43. The van der Waals surface area contributed by atoms with Gasteiger partial charge in [0.25, 0.3) is 0 Å². The third-order valence-electron chi connectivity index (χ3n) is 11.8. The third-order valence-corrected chi connectivity index (χ3v) is 11.8. The zero-order valence-electron chi connectivity index (χ0n) is 32.3. The predicted octanol–water partition coefficient (Wildman–Crippen LogP) is 4.44. The van der Waals surface area contributed by atoms with Crippen LogP contribution in [-0.2, 0) is 6.42 Å². The lowest BCUT2D eigenvalue weighted by Crippen LogP contribution is -2.39. The topological polar surface area (TPSA) is 331 Å². The van der Waals surface area contributed by atoms with Gasteiger partial charge in [-0.1, -0.05) is 18.2 Å². The molecule has 18 nitrogen and oxygen atoms in total. The van der Waals surface area contributed by atoms with E-state index in [0.29, 0.717) is 0 Å². The second-order valence-corrected chi connectivity index (χ2v) is 15.7. The molecule has 15 N–H and O–H groups in total. The molecule has 326 valence electrons. The second kappa shape index (κ2) is 14.7. The van der Waals surface area contributed by atoms with Gasteiger partial charge in [0, 0.05) is 58.5 Å². The van der Waals surface area contributed by atoms with Crippen LogP contribution in [0.1, 0.15) is 74.7 Å². The number of aromatic hydroxyl groups is 12. The first-order chi connectivity index (χ1) is 29.9. The van der Waals surface area contributed by atoms with Gasteiger partial charge in [-0.25, -0.2) is 0 Å². The molecule has 3 aliphatic rings. The average Bonchev–Trinajstić information content (AvgIpc) is 3.22. The maximum atomic E-state index is 12.5. The highest BCUT2D eigenvalue weighted by Crippen LogP contribution is 2.62. The number of ether oxygens (including phenoxy) is 3. The van der Waals surface area contributed by atoms with Gasteiger partial charge in [0.15, 0.2) is 46.7 Å². The number of hydrogen-bond donors (Lipinski definition) is 15. The van der Waals surface area contributed by atoms with E-state index in [4.69, 9.17) is 14.2 Å². The Hall–Kier alpha value is -7.80. The SMILES string of the molecule is Oc1cc(O)c2c(c1)OC(c1ccc(O)c(O)c1)[C@H](O)C2c1c(O)cc(O)c2c1O[C@H](c1ccc(O)c(O)c1)[C@H](O)C2c1c(O)cc(O)c2c1OC(c1ccc(O)c(O)c1)[C@H](O)C2. The van der Waals surface area contributed by atoms with Gasteiger partial charge in [0.1, 0.15) is 70.1 Å². The van der Waals surface area contributed by atoms with E-state index in [1.54, 1.807) is 0 Å². The molecule has 0 aliphatic carbocycles. The summed E-state index contributed by atoms with van der Waals surface area (Å²) in [6.07, 6.45) is -9.93. The fourth-order valence-corrected chi connectivity index (χ4v) is 8.94. The molecule has 0 bridgehead atoms. The van der Waals surface area contributed by atoms with Gasteiger partial charge in [-0.15, -0.1) is 0 Å². The van der Waals surface area contributed by atoms with Gasteiger partial charge in [-0.05, 0) is 53.1 Å². The number of fused-ring (bicyclic) bond motifs is 3. The Morgan fingerprint density at radius 2 is 0.778 bits per heavy atom. The monoisotopic (exact) mass is 866 g/mol. The molecule has 63 heavy (non-hydrogen) atoms. The highest BCUT2D eigenvalue weighted by molar-refractivity contribution is 5.70. The number of benzene rings is 6. The van der Waals surface area contributed by atoms with Gasteiger partial charge in [-0.3, -0.25) is 0 Å². The van der Waals surface area contributed by atoms with Crippen molar-refractivity contribution in [1.82, 2.24) is 0 Å². The summed E-state index contributed by atoms with van der Waals surface area (Å²) < 4.78 is 18.9. The minimum absolute atomic E-state index is 0.0127. The van der Waals surface area contributed by atoms with E-state index in [1.807, 2.05) is 0 Å². The first kappa shape index (κ1) is 40.6. The van der Waals surface area contributed by atoms with Crippen LogP contribution >= 0.6 is 0 Å². The minimum atomic E-state index is -1.90. The molecule has 8 atom stereocenters. The minimum Gasteiger partial charge on any atom is -0.508 e. The molecule has 0 saturated heterocycles. The summed E-state index contributed by atoms with van der Waals surface area (Å²) >= 11 is 0. The number of aliphatic hydroxyl groups excluding tert-OH is 3. The van der Waals surface area contributed by atoms with Crippen LogP contribution < -0.4 is 14.2 Å². The van der Waals surface area contributed by atoms with Crippen LogP contribution in [0.4, 0.5) is 0 Å². The largest absolute Gasteiger partial charge is 0.508 e. The highest BCUT2D eigenvalue weighted by atomic mass is 16.5. The van der Waals surface area contributed by atoms with Crippen molar-refractivity contribution >= 4 is 0 Å². The van der Waals surface area contributed by atoms with Gasteiger partial charge in [-0.2, -0.15) is 0 Å². The number of phenols is 12. The molecule has 0 radical (unpaired) electrons. The molecule has 18 heteroatoms. The van der Waals surface area contributed by atoms with Crippen LogP contribution in [-0.4, -0.2) is 94.9 Å². The van der Waals surface area contributed by atoms with Crippen molar-refractivity contribution in [3.8, 4) is 86.2 Å². The van der Waals surface area contributed by atoms with Crippen molar-refractivity contribution in [2.24, 2.45) is 0 Å². The van der Waals surface area contributed by atoms with E-state index in [9.17, 15) is 76.6 Å². The van der Waals surface area contributed by atoms with Gasteiger partial charge in [0.2, 0.25) is 0 Å². The number of aliphatic hydroxyl groups is 3. The molecule has 3 heterocycles. The summed E-state index contributed by atoms with van der Waals surface area (Å²) in [6.45, 7) is 0. The molecule has 0 saturated carbocycles. The van der Waals surface area contributed by atoms with Crippen molar-refractivity contribution in [3.63, 3.8) is 0 Å². The quantitative estimate of drug-likeness (QED) is 0.106. The first-order valence-electron chi connectivity index (χ1n) is 19.3. The van der Waals surface area contributed by atoms with Crippen LogP contribution in [0.5, 0.6) is 86.2 Å². The Morgan fingerprint density at radius 1 is 0.365 bits per heavy atom. The van der Waals surface area contributed by atoms with Crippen molar-refractivity contribution in [1.29, 1.82) is 0 Å². The molecule has 0 spiro atoms. The van der Waals surface area contributed by atoms with E-state index in [-0.39, 0.29) is 62.4 Å². The van der Waals surface area contributed by atoms with Crippen molar-refractivity contribution in [3.05, 3.63) is 123 Å². The Labute approximate surface area is 354 Å². The Morgan fingerprint density at radius 3 is 1.29 bits per heavy atom. The van der Waals surface area contributed by atoms with E-state index in [1.165, 1.54) is 18.2 Å². The molecule has 3 aliphatic heterocycles. The third kappa shape index (κ3) is 6.46. The van der Waals surface area contributed by atoms with Gasteiger partial charge in [0.05, 0.1) is 17.9 Å². The number of phenolic OH excluding ortho intramolecular Hbond substituents is 12. The van der Waals surface area contributed by atoms with Crippen LogP contribution in [0.15, 0.2) is 78.9 Å². The van der Waals surface area contributed by atoms with E-state index < -0.39 is 123 Å². The van der Waals surface area contributed by atoms with E-state index >= 15 is 0 Å². The maximum Gasteiger partial charge on any atom is 0.157 e. The molecule has 4 unspecified atom stereocenters. The summed E-state index contributed by atoms with van der Waals surface area (Å²) in [5.41, 5.74) is -1.10. The smallest absolute Gasteiger partial charge is 0.157 e. The molecular weight excluding hydrogens is 828 g/mol. The molecule has 0 fully saturated rings. The van der Waals surface area contributed by atoms with Crippen LogP contribution in [0.2, 0.25) is 0 Å². The van der Waals surface area contributed by atoms with Crippen LogP contribution in [0, 0.1) is 0 Å². The molecule has 0 amide bonds. The Bertz CT molecular complexity index is 2840. The predicted molar refractivity (Wildman–Crippen MR) is 214 cm³/mol. The molecular formula is C45H38O18. The van der Waals surface area contributed by atoms with E-state index in [0.717, 1.165) is 60.7 Å². The fourth-order valence-electron chi connectivity index (χ4n) is 8.94. The average molecular weight is 867 g/mol. The number of rotatable bonds is 5. The molecule has 6 aromatic rings. The first-order valence-corrected chi connectivity index (χ1v) is 19.3. The highest BCUT2D eigenvalue weighted by Gasteiger charge is 2.51. The summed E-state index contributed by atoms with van der Waals surface area (Å²) in [6, 6.07) is 14.4. The Kier molecular flexibility index (Phi) is 9.46. The standard InChI is InChI=1S/C45H38O18/c46-18-10-27(54)33-32(11-18)61-42(16-2-5-21(48)25(52)8-16)39(59)37(33)35-29(56)14-30(57)36-38(40(60)43(63-45(35)36)17-3-6-22(49)26(53)9-17)34-28(55)13-23(50)19-12-31(58)41(62-44(19)34)15-1-4-20(47)24(51)7-15/h1-11,13-14,31,37-43,46-60H,12H2/t31-,37?,38?,39-,40-,41?,42?,43-/m1/s1. The molecule has 6 aromatic carbocycles. The van der Waals surface area contributed by atoms with Gasteiger partial charge >= 0.3 is 0 Å². The van der Waals surface area contributed by atoms with Crippen LogP contribution in [0.3, 0.4) is 0 Å². The van der Waals surface area contributed by atoms with Crippen molar-refractivity contribution in [2.45, 2.75) is 54.9 Å². The van der Waals surface area contributed by atoms with Crippen LogP contribution in [0.25, 0.3) is 0 Å². The fraction of sp³-hybridized carbons (Fsp3) is 0.200. The number of hydrogen-bond acceptors (Lipinski definition) is 18. The summed E-state index contributed by atoms with van der Waals surface area (Å²) in [5.74, 6) is -11.5. The maximum absolute atomic E-state index is 12.5. The zero-order chi connectivity index (χ0) is 44.9. The Balaban J connectivity index is 1.31. The lowest BCUT2D eigenvalue weighted by atomic mass is 9.73. The normalized spacial score (nSPS) is 23.6.